The van der Waals surface area contributed by atoms with Gasteiger partial charge in [0.25, 0.3) is 5.89 Å². The van der Waals surface area contributed by atoms with Crippen LogP contribution in [0.3, 0.4) is 0 Å². The van der Waals surface area contributed by atoms with E-state index in [1.165, 1.54) is 0 Å². The van der Waals surface area contributed by atoms with Gasteiger partial charge in [0, 0.05) is 44.2 Å². The van der Waals surface area contributed by atoms with Crippen molar-refractivity contribution < 1.29 is 9.26 Å². The standard InChI is InChI=1S/C20H20N6O2/c1-25(12-14-10-22-26(2)13-14)18-9-6-16(11-21-18)20-23-19(24-28-20)15-4-7-17(27-3)8-5-15/h4-11,13H,12H2,1-3H3. The van der Waals surface area contributed by atoms with Crippen LogP contribution in [-0.4, -0.2) is 39.1 Å². The normalized spacial score (nSPS) is 10.8. The quantitative estimate of drug-likeness (QED) is 0.511. The zero-order chi connectivity index (χ0) is 19.5. The van der Waals surface area contributed by atoms with E-state index in [2.05, 4.69) is 25.1 Å². The molecule has 3 aromatic heterocycles. The zero-order valence-corrected chi connectivity index (χ0v) is 15.9. The van der Waals surface area contributed by atoms with Crippen molar-refractivity contribution in [2.24, 2.45) is 7.05 Å². The molecule has 0 spiro atoms. The highest BCUT2D eigenvalue weighted by Crippen LogP contribution is 2.24. The number of benzene rings is 1. The van der Waals surface area contributed by atoms with Crippen LogP contribution in [0.4, 0.5) is 5.82 Å². The average molecular weight is 376 g/mol. The molecule has 0 aliphatic heterocycles. The van der Waals surface area contributed by atoms with Gasteiger partial charge in [0.05, 0.1) is 18.9 Å². The van der Waals surface area contributed by atoms with Crippen LogP contribution in [0.25, 0.3) is 22.8 Å². The van der Waals surface area contributed by atoms with Gasteiger partial charge in [-0.3, -0.25) is 4.68 Å². The minimum Gasteiger partial charge on any atom is -0.497 e. The molecule has 28 heavy (non-hydrogen) atoms. The van der Waals surface area contributed by atoms with Crippen LogP contribution in [0.2, 0.25) is 0 Å². The van der Waals surface area contributed by atoms with E-state index in [1.807, 2.05) is 62.9 Å². The summed E-state index contributed by atoms with van der Waals surface area (Å²) < 4.78 is 12.4. The van der Waals surface area contributed by atoms with Crippen molar-refractivity contribution in [1.29, 1.82) is 0 Å². The van der Waals surface area contributed by atoms with Gasteiger partial charge in [-0.2, -0.15) is 10.1 Å². The van der Waals surface area contributed by atoms with Crippen molar-refractivity contribution >= 4 is 5.82 Å². The van der Waals surface area contributed by atoms with Crippen LogP contribution in [-0.2, 0) is 13.6 Å². The van der Waals surface area contributed by atoms with Crippen molar-refractivity contribution in [2.45, 2.75) is 6.54 Å². The van der Waals surface area contributed by atoms with Gasteiger partial charge in [-0.15, -0.1) is 0 Å². The lowest BCUT2D eigenvalue weighted by Crippen LogP contribution is -2.17. The van der Waals surface area contributed by atoms with Gasteiger partial charge in [0.15, 0.2) is 0 Å². The van der Waals surface area contributed by atoms with Crippen molar-refractivity contribution in [3.63, 3.8) is 0 Å². The number of rotatable bonds is 6. The van der Waals surface area contributed by atoms with Crippen molar-refractivity contribution in [3.05, 3.63) is 60.6 Å². The Morgan fingerprint density at radius 2 is 1.86 bits per heavy atom. The molecule has 8 heteroatoms. The van der Waals surface area contributed by atoms with E-state index >= 15 is 0 Å². The highest BCUT2D eigenvalue weighted by atomic mass is 16.5. The molecule has 3 heterocycles. The lowest BCUT2D eigenvalue weighted by atomic mass is 10.2. The van der Waals surface area contributed by atoms with Crippen LogP contribution < -0.4 is 9.64 Å². The molecule has 8 nitrogen and oxygen atoms in total. The van der Waals surface area contributed by atoms with Crippen molar-refractivity contribution in [1.82, 2.24) is 24.9 Å². The van der Waals surface area contributed by atoms with Gasteiger partial charge in [-0.25, -0.2) is 4.98 Å². The molecule has 0 atom stereocenters. The Hall–Kier alpha value is -3.68. The first-order valence-electron chi connectivity index (χ1n) is 8.75. The van der Waals surface area contributed by atoms with E-state index in [0.29, 0.717) is 11.7 Å². The summed E-state index contributed by atoms with van der Waals surface area (Å²) in [5, 5.41) is 8.25. The van der Waals surface area contributed by atoms with Crippen molar-refractivity contribution in [3.8, 4) is 28.6 Å². The highest BCUT2D eigenvalue weighted by molar-refractivity contribution is 5.60. The fourth-order valence-corrected chi connectivity index (χ4v) is 2.84. The summed E-state index contributed by atoms with van der Waals surface area (Å²) in [7, 11) is 5.52. The fourth-order valence-electron chi connectivity index (χ4n) is 2.84. The number of aryl methyl sites for hydroxylation is 1. The van der Waals surface area contributed by atoms with Gasteiger partial charge in [-0.05, 0) is 36.4 Å². The number of methoxy groups -OCH3 is 1. The predicted octanol–water partition coefficient (Wildman–Crippen LogP) is 3.18. The van der Waals surface area contributed by atoms with E-state index in [0.717, 1.165) is 34.8 Å². The molecule has 4 rings (SSSR count). The smallest absolute Gasteiger partial charge is 0.259 e. The first kappa shape index (κ1) is 17.7. The summed E-state index contributed by atoms with van der Waals surface area (Å²) in [6.07, 6.45) is 5.58. The second-order valence-corrected chi connectivity index (χ2v) is 6.44. The fraction of sp³-hybridized carbons (Fsp3) is 0.200. The Bertz CT molecular complexity index is 1050. The first-order chi connectivity index (χ1) is 13.6. The molecular formula is C20H20N6O2. The Labute approximate surface area is 162 Å². The van der Waals surface area contributed by atoms with Gasteiger partial charge in [0.1, 0.15) is 11.6 Å². The van der Waals surface area contributed by atoms with Gasteiger partial charge in [-0.1, -0.05) is 5.16 Å². The Balaban J connectivity index is 1.48. The third kappa shape index (κ3) is 3.71. The minimum atomic E-state index is 0.430. The van der Waals surface area contributed by atoms with Gasteiger partial charge in [0.2, 0.25) is 5.82 Å². The third-order valence-electron chi connectivity index (χ3n) is 4.34. The summed E-state index contributed by atoms with van der Waals surface area (Å²) in [5.74, 6) is 2.58. The molecule has 0 fully saturated rings. The molecule has 1 aromatic carbocycles. The van der Waals surface area contributed by atoms with Crippen LogP contribution in [0.5, 0.6) is 5.75 Å². The molecule has 142 valence electrons. The number of pyridine rings is 1. The summed E-state index contributed by atoms with van der Waals surface area (Å²) >= 11 is 0. The predicted molar refractivity (Wildman–Crippen MR) is 105 cm³/mol. The Morgan fingerprint density at radius 3 is 2.50 bits per heavy atom. The summed E-state index contributed by atoms with van der Waals surface area (Å²) in [5.41, 5.74) is 2.75. The maximum atomic E-state index is 5.40. The van der Waals surface area contributed by atoms with Crippen molar-refractivity contribution in [2.75, 3.05) is 19.1 Å². The lowest BCUT2D eigenvalue weighted by Gasteiger charge is -2.17. The molecule has 0 aliphatic carbocycles. The van der Waals surface area contributed by atoms with E-state index in [1.54, 1.807) is 18.0 Å². The Morgan fingerprint density at radius 1 is 1.07 bits per heavy atom. The van der Waals surface area contributed by atoms with Gasteiger partial charge < -0.3 is 14.2 Å². The van der Waals surface area contributed by atoms with Crippen LogP contribution in [0.15, 0.2) is 59.5 Å². The number of hydrogen-bond donors (Lipinski definition) is 0. The SMILES string of the molecule is COc1ccc(-c2noc(-c3ccc(N(C)Cc4cnn(C)c4)nc3)n2)cc1. The maximum absolute atomic E-state index is 5.40. The number of ether oxygens (including phenoxy) is 1. The minimum absolute atomic E-state index is 0.430. The molecule has 0 radical (unpaired) electrons. The second-order valence-electron chi connectivity index (χ2n) is 6.44. The first-order valence-corrected chi connectivity index (χ1v) is 8.75. The molecule has 0 saturated heterocycles. The largest absolute Gasteiger partial charge is 0.497 e. The number of anilines is 1. The zero-order valence-electron chi connectivity index (χ0n) is 15.9. The molecule has 4 aromatic rings. The molecular weight excluding hydrogens is 356 g/mol. The third-order valence-corrected chi connectivity index (χ3v) is 4.34. The lowest BCUT2D eigenvalue weighted by molar-refractivity contribution is 0.415. The van der Waals surface area contributed by atoms with E-state index in [9.17, 15) is 0 Å². The number of hydrogen-bond acceptors (Lipinski definition) is 7. The molecule has 0 amide bonds. The maximum Gasteiger partial charge on any atom is 0.259 e. The molecule has 0 saturated carbocycles. The van der Waals surface area contributed by atoms with E-state index in [-0.39, 0.29) is 0 Å². The van der Waals surface area contributed by atoms with Gasteiger partial charge >= 0.3 is 0 Å². The van der Waals surface area contributed by atoms with Crippen LogP contribution in [0, 0.1) is 0 Å². The van der Waals surface area contributed by atoms with Crippen LogP contribution in [0.1, 0.15) is 5.56 Å². The monoisotopic (exact) mass is 376 g/mol. The second kappa shape index (κ2) is 7.51. The topological polar surface area (TPSA) is 82.1 Å². The Kier molecular flexibility index (Phi) is 4.76. The van der Waals surface area contributed by atoms with E-state index in [4.69, 9.17) is 9.26 Å². The van der Waals surface area contributed by atoms with Crippen LogP contribution >= 0.6 is 0 Å². The number of nitrogens with zero attached hydrogens (tertiary/aromatic N) is 6. The molecule has 0 N–H and O–H groups in total. The summed E-state index contributed by atoms with van der Waals surface area (Å²) in [6, 6.07) is 11.4. The molecule has 0 unspecified atom stereocenters. The summed E-state index contributed by atoms with van der Waals surface area (Å²) in [6.45, 7) is 0.725. The number of aromatic nitrogens is 5. The highest BCUT2D eigenvalue weighted by Gasteiger charge is 2.12. The van der Waals surface area contributed by atoms with E-state index < -0.39 is 0 Å². The summed E-state index contributed by atoms with van der Waals surface area (Å²) in [4.78, 5) is 11.0. The molecule has 0 aliphatic rings. The average Bonchev–Trinajstić information content (AvgIpc) is 3.37. The molecule has 0 bridgehead atoms.